The van der Waals surface area contributed by atoms with Crippen molar-refractivity contribution in [2.24, 2.45) is 0 Å². The summed E-state index contributed by atoms with van der Waals surface area (Å²) in [7, 11) is 0. The molecule has 1 aromatic rings. The lowest BCUT2D eigenvalue weighted by molar-refractivity contribution is 0.138. The van der Waals surface area contributed by atoms with Crippen molar-refractivity contribution in [3.05, 3.63) is 29.3 Å². The van der Waals surface area contributed by atoms with Crippen LogP contribution in [0.5, 0.6) is 5.75 Å². The lowest BCUT2D eigenvalue weighted by atomic mass is 10.0. The van der Waals surface area contributed by atoms with Gasteiger partial charge in [0.2, 0.25) is 0 Å². The lowest BCUT2D eigenvalue weighted by Gasteiger charge is -2.18. The molecular formula is C17H28N2O. The van der Waals surface area contributed by atoms with Gasteiger partial charge < -0.3 is 15.0 Å². The van der Waals surface area contributed by atoms with Crippen molar-refractivity contribution in [3.8, 4) is 5.75 Å². The molecule has 1 aromatic carbocycles. The Labute approximate surface area is 123 Å². The van der Waals surface area contributed by atoms with Crippen molar-refractivity contribution in [2.45, 2.75) is 46.3 Å². The fourth-order valence-electron chi connectivity index (χ4n) is 2.78. The largest absolute Gasteiger partial charge is 0.487 e. The lowest BCUT2D eigenvalue weighted by Crippen LogP contribution is -2.31. The average molecular weight is 276 g/mol. The summed E-state index contributed by atoms with van der Waals surface area (Å²) in [5, 5.41) is 3.53. The summed E-state index contributed by atoms with van der Waals surface area (Å²) in [6, 6.07) is 6.57. The number of nitrogens with one attached hydrogen (secondary N) is 1. The van der Waals surface area contributed by atoms with Crippen LogP contribution in [0.3, 0.4) is 0 Å². The average Bonchev–Trinajstić information content (AvgIpc) is 2.72. The molecule has 0 radical (unpaired) electrons. The number of likely N-dealkylation sites (N-methyl/N-ethyl adjacent to an activating group) is 1. The van der Waals surface area contributed by atoms with E-state index >= 15 is 0 Å². The van der Waals surface area contributed by atoms with Crippen LogP contribution in [0.1, 0.15) is 38.8 Å². The molecule has 1 N–H and O–H groups in total. The molecule has 0 atom stereocenters. The van der Waals surface area contributed by atoms with Crippen LogP contribution in [-0.2, 0) is 13.0 Å². The van der Waals surface area contributed by atoms with Crippen molar-refractivity contribution < 1.29 is 4.74 Å². The zero-order chi connectivity index (χ0) is 14.6. The van der Waals surface area contributed by atoms with Crippen molar-refractivity contribution in [3.63, 3.8) is 0 Å². The summed E-state index contributed by atoms with van der Waals surface area (Å²) in [5.41, 5.74) is 2.65. The summed E-state index contributed by atoms with van der Waals surface area (Å²) in [6.45, 7) is 14.1. The number of hydrogen-bond donors (Lipinski definition) is 1. The minimum absolute atomic E-state index is 0.0445. The Hall–Kier alpha value is -1.06. The number of benzene rings is 1. The fourth-order valence-corrected chi connectivity index (χ4v) is 2.78. The van der Waals surface area contributed by atoms with E-state index in [1.54, 1.807) is 0 Å². The highest BCUT2D eigenvalue weighted by Crippen LogP contribution is 2.35. The zero-order valence-corrected chi connectivity index (χ0v) is 13.3. The summed E-state index contributed by atoms with van der Waals surface area (Å²) in [4.78, 5) is 2.44. The number of rotatable bonds is 7. The summed E-state index contributed by atoms with van der Waals surface area (Å²) < 4.78 is 5.91. The molecule has 0 amide bonds. The van der Waals surface area contributed by atoms with Crippen LogP contribution in [0, 0.1) is 0 Å². The quantitative estimate of drug-likeness (QED) is 0.775. The molecule has 0 fully saturated rings. The number of hydrogen-bond acceptors (Lipinski definition) is 3. The van der Waals surface area contributed by atoms with Gasteiger partial charge >= 0.3 is 0 Å². The van der Waals surface area contributed by atoms with Gasteiger partial charge in [-0.3, -0.25) is 0 Å². The Morgan fingerprint density at radius 1 is 1.25 bits per heavy atom. The van der Waals surface area contributed by atoms with Crippen LogP contribution in [0.15, 0.2) is 18.2 Å². The molecule has 112 valence electrons. The van der Waals surface area contributed by atoms with Gasteiger partial charge in [-0.2, -0.15) is 0 Å². The van der Waals surface area contributed by atoms with E-state index in [1.807, 2.05) is 0 Å². The standard InChI is InChI=1S/C17H28N2O/c1-5-19(6-2)10-9-18-13-14-7-8-16-15(11-14)12-17(3,4)20-16/h7-8,11,18H,5-6,9-10,12-13H2,1-4H3. The van der Waals surface area contributed by atoms with E-state index in [4.69, 9.17) is 4.74 Å². The van der Waals surface area contributed by atoms with E-state index in [-0.39, 0.29) is 5.60 Å². The van der Waals surface area contributed by atoms with Crippen molar-refractivity contribution in [1.29, 1.82) is 0 Å². The monoisotopic (exact) mass is 276 g/mol. The molecule has 1 aliphatic heterocycles. The highest BCUT2D eigenvalue weighted by Gasteiger charge is 2.29. The third-order valence-corrected chi connectivity index (χ3v) is 3.96. The molecule has 20 heavy (non-hydrogen) atoms. The molecule has 3 heteroatoms. The van der Waals surface area contributed by atoms with Gasteiger partial charge in [0, 0.05) is 26.1 Å². The highest BCUT2D eigenvalue weighted by atomic mass is 16.5. The van der Waals surface area contributed by atoms with Crippen LogP contribution in [-0.4, -0.2) is 36.7 Å². The van der Waals surface area contributed by atoms with Crippen LogP contribution < -0.4 is 10.1 Å². The second-order valence-electron chi connectivity index (χ2n) is 6.18. The molecule has 0 aromatic heterocycles. The van der Waals surface area contributed by atoms with Gasteiger partial charge in [-0.1, -0.05) is 26.0 Å². The minimum atomic E-state index is -0.0445. The Balaban J connectivity index is 1.81. The van der Waals surface area contributed by atoms with E-state index < -0.39 is 0 Å². The molecule has 0 aliphatic carbocycles. The van der Waals surface area contributed by atoms with Gasteiger partial charge in [0.15, 0.2) is 0 Å². The number of ether oxygens (including phenoxy) is 1. The van der Waals surface area contributed by atoms with Gasteiger partial charge in [0.25, 0.3) is 0 Å². The number of nitrogens with zero attached hydrogens (tertiary/aromatic N) is 1. The first-order valence-corrected chi connectivity index (χ1v) is 7.78. The van der Waals surface area contributed by atoms with Crippen molar-refractivity contribution in [1.82, 2.24) is 10.2 Å². The van der Waals surface area contributed by atoms with E-state index in [1.165, 1.54) is 11.1 Å². The highest BCUT2D eigenvalue weighted by molar-refractivity contribution is 5.41. The minimum Gasteiger partial charge on any atom is -0.487 e. The van der Waals surface area contributed by atoms with E-state index in [0.29, 0.717) is 0 Å². The predicted octanol–water partition coefficient (Wildman–Crippen LogP) is 2.83. The third-order valence-electron chi connectivity index (χ3n) is 3.96. The molecule has 3 nitrogen and oxygen atoms in total. The summed E-state index contributed by atoms with van der Waals surface area (Å²) in [5.74, 6) is 1.06. The van der Waals surface area contributed by atoms with Crippen LogP contribution in [0.2, 0.25) is 0 Å². The SMILES string of the molecule is CCN(CC)CCNCc1ccc2c(c1)CC(C)(C)O2. The Bertz CT molecular complexity index is 439. The molecule has 1 heterocycles. The molecule has 0 saturated carbocycles. The van der Waals surface area contributed by atoms with Crippen LogP contribution in [0.25, 0.3) is 0 Å². The zero-order valence-electron chi connectivity index (χ0n) is 13.3. The maximum Gasteiger partial charge on any atom is 0.123 e. The first-order chi connectivity index (χ1) is 9.54. The molecule has 1 aliphatic rings. The Morgan fingerprint density at radius 3 is 2.70 bits per heavy atom. The molecule has 2 rings (SSSR count). The van der Waals surface area contributed by atoms with Crippen LogP contribution >= 0.6 is 0 Å². The van der Waals surface area contributed by atoms with Gasteiger partial charge in [-0.25, -0.2) is 0 Å². The van der Waals surface area contributed by atoms with Crippen LogP contribution in [0.4, 0.5) is 0 Å². The van der Waals surface area contributed by atoms with Gasteiger partial charge in [0.1, 0.15) is 11.4 Å². The molecule has 0 unspecified atom stereocenters. The fraction of sp³-hybridized carbons (Fsp3) is 0.647. The smallest absolute Gasteiger partial charge is 0.123 e. The summed E-state index contributed by atoms with van der Waals surface area (Å²) in [6.07, 6.45) is 1.01. The first-order valence-electron chi connectivity index (χ1n) is 7.78. The van der Waals surface area contributed by atoms with Gasteiger partial charge in [0.05, 0.1) is 0 Å². The van der Waals surface area contributed by atoms with Crippen molar-refractivity contribution in [2.75, 3.05) is 26.2 Å². The summed E-state index contributed by atoms with van der Waals surface area (Å²) >= 11 is 0. The maximum absolute atomic E-state index is 5.91. The maximum atomic E-state index is 5.91. The van der Waals surface area contributed by atoms with Crippen molar-refractivity contribution >= 4 is 0 Å². The topological polar surface area (TPSA) is 24.5 Å². The van der Waals surface area contributed by atoms with E-state index in [0.717, 1.165) is 44.9 Å². The van der Waals surface area contributed by atoms with E-state index in [2.05, 4.69) is 56.1 Å². The van der Waals surface area contributed by atoms with Gasteiger partial charge in [-0.15, -0.1) is 0 Å². The van der Waals surface area contributed by atoms with E-state index in [9.17, 15) is 0 Å². The second kappa shape index (κ2) is 6.59. The predicted molar refractivity (Wildman–Crippen MR) is 84.3 cm³/mol. The number of fused-ring (bicyclic) bond motifs is 1. The third kappa shape index (κ3) is 3.97. The molecule has 0 bridgehead atoms. The first kappa shape index (κ1) is 15.3. The normalized spacial score (nSPS) is 16.2. The Kier molecular flexibility index (Phi) is 5.06. The molecule has 0 saturated heterocycles. The Morgan fingerprint density at radius 2 is 2.00 bits per heavy atom. The second-order valence-corrected chi connectivity index (χ2v) is 6.18. The van der Waals surface area contributed by atoms with Gasteiger partial charge in [-0.05, 0) is 44.1 Å². The molecular weight excluding hydrogens is 248 g/mol. The molecule has 0 spiro atoms.